The van der Waals surface area contributed by atoms with Crippen LogP contribution in [0, 0.1) is 5.82 Å². The van der Waals surface area contributed by atoms with Crippen molar-refractivity contribution in [2.24, 2.45) is 0 Å². The summed E-state index contributed by atoms with van der Waals surface area (Å²) in [5.41, 5.74) is -0.480. The molecule has 19 heavy (non-hydrogen) atoms. The molecule has 0 aromatic heterocycles. The monoisotopic (exact) mass is 269 g/mol. The first-order valence-electron chi connectivity index (χ1n) is 5.67. The van der Waals surface area contributed by atoms with Gasteiger partial charge in [-0.3, -0.25) is 9.69 Å². The highest BCUT2D eigenvalue weighted by molar-refractivity contribution is 5.93. The number of carbonyl (C=O) groups excluding carboxylic acids is 1. The van der Waals surface area contributed by atoms with Gasteiger partial charge in [-0.05, 0) is 45.0 Å². The molecule has 1 N–H and O–H groups in total. The zero-order valence-corrected chi connectivity index (χ0v) is 11.0. The van der Waals surface area contributed by atoms with Gasteiger partial charge in [0.1, 0.15) is 18.0 Å². The van der Waals surface area contributed by atoms with Crippen LogP contribution >= 0.6 is 0 Å². The van der Waals surface area contributed by atoms with E-state index in [1.165, 1.54) is 12.1 Å². The van der Waals surface area contributed by atoms with Gasteiger partial charge in [0.2, 0.25) is 0 Å². The SMILES string of the molecule is CC(C)(C)OC(=O)N(CC(=O)O)c1ccc(F)cc1. The number of anilines is 1. The standard InChI is InChI=1S/C13H16FNO4/c1-13(2,3)19-12(18)15(8-11(16)17)10-6-4-9(14)5-7-10/h4-7H,8H2,1-3H3,(H,16,17). The van der Waals surface area contributed by atoms with Crippen molar-refractivity contribution in [3.63, 3.8) is 0 Å². The first-order chi connectivity index (χ1) is 8.69. The van der Waals surface area contributed by atoms with E-state index >= 15 is 0 Å². The van der Waals surface area contributed by atoms with E-state index in [1.54, 1.807) is 20.8 Å². The Morgan fingerprint density at radius 3 is 2.21 bits per heavy atom. The molecule has 1 aromatic rings. The van der Waals surface area contributed by atoms with Gasteiger partial charge < -0.3 is 9.84 Å². The van der Waals surface area contributed by atoms with E-state index in [2.05, 4.69) is 0 Å². The maximum absolute atomic E-state index is 12.8. The Kier molecular flexibility index (Phi) is 4.47. The number of carbonyl (C=O) groups is 2. The Balaban J connectivity index is 2.97. The van der Waals surface area contributed by atoms with E-state index in [-0.39, 0.29) is 5.69 Å². The first kappa shape index (κ1) is 14.9. The van der Waals surface area contributed by atoms with Crippen LogP contribution in [0.1, 0.15) is 20.8 Å². The van der Waals surface area contributed by atoms with Gasteiger partial charge in [-0.15, -0.1) is 0 Å². The lowest BCUT2D eigenvalue weighted by molar-refractivity contribution is -0.135. The molecule has 0 spiro atoms. The van der Waals surface area contributed by atoms with Gasteiger partial charge in [-0.25, -0.2) is 9.18 Å². The number of ether oxygens (including phenoxy) is 1. The number of carboxylic acids is 1. The molecule has 0 radical (unpaired) electrons. The van der Waals surface area contributed by atoms with E-state index < -0.39 is 30.0 Å². The molecule has 1 amide bonds. The van der Waals surface area contributed by atoms with Crippen LogP contribution in [0.3, 0.4) is 0 Å². The summed E-state index contributed by atoms with van der Waals surface area (Å²) in [7, 11) is 0. The third-order valence-electron chi connectivity index (χ3n) is 2.05. The summed E-state index contributed by atoms with van der Waals surface area (Å²) in [6.07, 6.45) is -0.790. The van der Waals surface area contributed by atoms with Crippen molar-refractivity contribution >= 4 is 17.7 Å². The predicted molar refractivity (Wildman–Crippen MR) is 67.6 cm³/mol. The van der Waals surface area contributed by atoms with Gasteiger partial charge in [0.15, 0.2) is 0 Å². The molecule has 0 bridgehead atoms. The Labute approximate surface area is 110 Å². The molecule has 0 fully saturated rings. The lowest BCUT2D eigenvalue weighted by atomic mass is 10.2. The van der Waals surface area contributed by atoms with Crippen LogP contribution in [0.2, 0.25) is 0 Å². The molecule has 0 saturated heterocycles. The first-order valence-corrected chi connectivity index (χ1v) is 5.67. The topological polar surface area (TPSA) is 66.8 Å². The molecule has 0 heterocycles. The van der Waals surface area contributed by atoms with Crippen LogP contribution in [0.4, 0.5) is 14.9 Å². The lowest BCUT2D eigenvalue weighted by Gasteiger charge is -2.26. The van der Waals surface area contributed by atoms with Crippen molar-refractivity contribution in [3.8, 4) is 0 Å². The minimum Gasteiger partial charge on any atom is -0.480 e. The number of benzene rings is 1. The Morgan fingerprint density at radius 1 is 1.26 bits per heavy atom. The summed E-state index contributed by atoms with van der Waals surface area (Å²) in [6, 6.07) is 4.94. The van der Waals surface area contributed by atoms with Crippen molar-refractivity contribution in [2.45, 2.75) is 26.4 Å². The third-order valence-corrected chi connectivity index (χ3v) is 2.05. The fraction of sp³-hybridized carbons (Fsp3) is 0.385. The number of hydrogen-bond donors (Lipinski definition) is 1. The zero-order valence-electron chi connectivity index (χ0n) is 11.0. The van der Waals surface area contributed by atoms with Crippen LogP contribution in [-0.4, -0.2) is 29.3 Å². The molecule has 0 aliphatic carbocycles. The molecule has 6 heteroatoms. The molecule has 0 atom stereocenters. The quantitative estimate of drug-likeness (QED) is 0.916. The summed E-state index contributed by atoms with van der Waals surface area (Å²) < 4.78 is 17.9. The van der Waals surface area contributed by atoms with Crippen molar-refractivity contribution in [2.75, 3.05) is 11.4 Å². The number of nitrogens with zero attached hydrogens (tertiary/aromatic N) is 1. The highest BCUT2D eigenvalue weighted by Gasteiger charge is 2.25. The van der Waals surface area contributed by atoms with Crippen molar-refractivity contribution in [1.82, 2.24) is 0 Å². The minimum absolute atomic E-state index is 0.262. The fourth-order valence-electron chi connectivity index (χ4n) is 1.33. The normalized spacial score (nSPS) is 10.9. The highest BCUT2D eigenvalue weighted by atomic mass is 19.1. The summed E-state index contributed by atoms with van der Waals surface area (Å²) in [6.45, 7) is 4.47. The van der Waals surface area contributed by atoms with E-state index in [0.717, 1.165) is 17.0 Å². The average molecular weight is 269 g/mol. The minimum atomic E-state index is -1.19. The van der Waals surface area contributed by atoms with Gasteiger partial charge in [0, 0.05) is 5.69 Å². The molecule has 0 aliphatic rings. The second-order valence-corrected chi connectivity index (χ2v) is 4.94. The molecule has 1 rings (SSSR count). The Bertz CT molecular complexity index is 465. The largest absolute Gasteiger partial charge is 0.480 e. The predicted octanol–water partition coefficient (Wildman–Crippen LogP) is 2.65. The second-order valence-electron chi connectivity index (χ2n) is 4.94. The highest BCUT2D eigenvalue weighted by Crippen LogP contribution is 2.18. The lowest BCUT2D eigenvalue weighted by Crippen LogP contribution is -2.40. The number of hydrogen-bond acceptors (Lipinski definition) is 3. The Hall–Kier alpha value is -2.11. The van der Waals surface area contributed by atoms with Gasteiger partial charge in [0.25, 0.3) is 0 Å². The molecule has 0 saturated carbocycles. The van der Waals surface area contributed by atoms with Crippen LogP contribution in [0.25, 0.3) is 0 Å². The van der Waals surface area contributed by atoms with E-state index in [1.807, 2.05) is 0 Å². The van der Waals surface area contributed by atoms with Crippen molar-refractivity contribution in [1.29, 1.82) is 0 Å². The average Bonchev–Trinajstić information content (AvgIpc) is 2.24. The summed E-state index contributed by atoms with van der Waals surface area (Å²) in [5.74, 6) is -1.65. The number of halogens is 1. The van der Waals surface area contributed by atoms with Crippen LogP contribution in [-0.2, 0) is 9.53 Å². The maximum Gasteiger partial charge on any atom is 0.415 e. The van der Waals surface area contributed by atoms with E-state index in [0.29, 0.717) is 0 Å². The molecule has 104 valence electrons. The molecule has 5 nitrogen and oxygen atoms in total. The van der Waals surface area contributed by atoms with Crippen molar-refractivity contribution < 1.29 is 23.8 Å². The van der Waals surface area contributed by atoms with Gasteiger partial charge >= 0.3 is 12.1 Å². The summed E-state index contributed by atoms with van der Waals surface area (Å²) >= 11 is 0. The second kappa shape index (κ2) is 5.69. The van der Waals surface area contributed by atoms with E-state index in [4.69, 9.17) is 9.84 Å². The number of amides is 1. The zero-order chi connectivity index (χ0) is 14.6. The van der Waals surface area contributed by atoms with Crippen LogP contribution < -0.4 is 4.90 Å². The molecule has 0 unspecified atom stereocenters. The van der Waals surface area contributed by atoms with Gasteiger partial charge in [-0.1, -0.05) is 0 Å². The number of carboxylic acid groups (broad SMARTS) is 1. The maximum atomic E-state index is 12.8. The molecular weight excluding hydrogens is 253 g/mol. The van der Waals surface area contributed by atoms with E-state index in [9.17, 15) is 14.0 Å². The van der Waals surface area contributed by atoms with Crippen molar-refractivity contribution in [3.05, 3.63) is 30.1 Å². The summed E-state index contributed by atoms with van der Waals surface area (Å²) in [5, 5.41) is 8.82. The van der Waals surface area contributed by atoms with Gasteiger partial charge in [-0.2, -0.15) is 0 Å². The Morgan fingerprint density at radius 2 is 1.79 bits per heavy atom. The number of rotatable bonds is 3. The molecular formula is C13H16FNO4. The van der Waals surface area contributed by atoms with Gasteiger partial charge in [0.05, 0.1) is 0 Å². The number of aliphatic carboxylic acids is 1. The summed E-state index contributed by atoms with van der Waals surface area (Å²) in [4.78, 5) is 23.7. The van der Waals surface area contributed by atoms with Crippen LogP contribution in [0.5, 0.6) is 0 Å². The smallest absolute Gasteiger partial charge is 0.415 e. The third kappa shape index (κ3) is 4.95. The van der Waals surface area contributed by atoms with Crippen LogP contribution in [0.15, 0.2) is 24.3 Å². The fourth-order valence-corrected chi connectivity index (χ4v) is 1.33. The molecule has 1 aromatic carbocycles. The molecule has 0 aliphatic heterocycles.